The van der Waals surface area contributed by atoms with Crippen LogP contribution in [0.1, 0.15) is 30.9 Å². The van der Waals surface area contributed by atoms with Crippen LogP contribution in [0.25, 0.3) is 0 Å². The Morgan fingerprint density at radius 1 is 1.11 bits per heavy atom. The molecule has 28 heavy (non-hydrogen) atoms. The molecule has 7 heteroatoms. The molecule has 0 aromatic heterocycles. The molecule has 2 aromatic carbocycles. The van der Waals surface area contributed by atoms with Crippen molar-refractivity contribution in [1.82, 2.24) is 9.62 Å². The molecular formula is C21H25FN2O3S. The van der Waals surface area contributed by atoms with Gasteiger partial charge in [0.05, 0.1) is 11.2 Å². The molecule has 0 bridgehead atoms. The van der Waals surface area contributed by atoms with E-state index in [4.69, 9.17) is 0 Å². The van der Waals surface area contributed by atoms with Gasteiger partial charge in [-0.1, -0.05) is 42.5 Å². The minimum atomic E-state index is -3.28. The molecule has 1 aliphatic rings. The molecule has 1 amide bonds. The number of carbonyl (C=O) groups excluding carboxylic acids is 1. The average Bonchev–Trinajstić information content (AvgIpc) is 2.72. The summed E-state index contributed by atoms with van der Waals surface area (Å²) in [6.45, 7) is 2.46. The van der Waals surface area contributed by atoms with E-state index in [0.717, 1.165) is 5.56 Å². The lowest BCUT2D eigenvalue weighted by Crippen LogP contribution is -2.52. The second-order valence-electron chi connectivity index (χ2n) is 7.06. The molecule has 2 aromatic rings. The van der Waals surface area contributed by atoms with Gasteiger partial charge < -0.3 is 5.32 Å². The molecule has 0 atom stereocenters. The zero-order valence-electron chi connectivity index (χ0n) is 15.9. The Bertz CT molecular complexity index is 924. The summed E-state index contributed by atoms with van der Waals surface area (Å²) in [6.07, 6.45) is 0.816. The van der Waals surface area contributed by atoms with Crippen molar-refractivity contribution in [2.45, 2.75) is 31.7 Å². The topological polar surface area (TPSA) is 66.5 Å². The third-order valence-corrected chi connectivity index (χ3v) is 7.32. The van der Waals surface area contributed by atoms with Crippen molar-refractivity contribution >= 4 is 15.9 Å². The minimum absolute atomic E-state index is 0.0527. The number of sulfonamides is 1. The fourth-order valence-corrected chi connectivity index (χ4v) is 4.84. The fourth-order valence-electron chi connectivity index (χ4n) is 3.73. The number of carbonyl (C=O) groups is 1. The monoisotopic (exact) mass is 404 g/mol. The number of nitrogens with zero attached hydrogens (tertiary/aromatic N) is 1. The molecule has 1 fully saturated rings. The van der Waals surface area contributed by atoms with Crippen LogP contribution >= 0.6 is 0 Å². The second kappa shape index (κ2) is 8.41. The highest BCUT2D eigenvalue weighted by molar-refractivity contribution is 7.89. The zero-order chi connectivity index (χ0) is 20.2. The molecule has 5 nitrogen and oxygen atoms in total. The standard InChI is InChI=1S/C21H25FN2O3S/c1-2-28(26,27)24-13-11-21(12-14-24,18-8-4-3-5-9-18)20(25)23-16-17-7-6-10-19(22)15-17/h3-10,15H,2,11-14,16H2,1H3,(H,23,25). The maximum absolute atomic E-state index is 13.4. The van der Waals surface area contributed by atoms with Gasteiger partial charge in [0.2, 0.25) is 15.9 Å². The average molecular weight is 405 g/mol. The molecule has 0 saturated carbocycles. The van der Waals surface area contributed by atoms with Crippen LogP contribution in [-0.4, -0.2) is 37.5 Å². The van der Waals surface area contributed by atoms with Gasteiger partial charge in [-0.2, -0.15) is 0 Å². The van der Waals surface area contributed by atoms with E-state index in [1.54, 1.807) is 19.1 Å². The van der Waals surface area contributed by atoms with Crippen molar-refractivity contribution in [3.05, 3.63) is 71.5 Å². The van der Waals surface area contributed by atoms with Gasteiger partial charge in [0, 0.05) is 19.6 Å². The highest BCUT2D eigenvalue weighted by Gasteiger charge is 2.44. The number of rotatable bonds is 6. The van der Waals surface area contributed by atoms with E-state index in [0.29, 0.717) is 31.5 Å². The predicted octanol–water partition coefficient (Wildman–Crippen LogP) is 2.83. The summed E-state index contributed by atoms with van der Waals surface area (Å²) in [6, 6.07) is 15.6. The van der Waals surface area contributed by atoms with Crippen molar-refractivity contribution in [2.24, 2.45) is 0 Å². The Labute approximate surface area is 165 Å². The predicted molar refractivity (Wildman–Crippen MR) is 107 cm³/mol. The molecule has 1 saturated heterocycles. The fraction of sp³-hybridized carbons (Fsp3) is 0.381. The van der Waals surface area contributed by atoms with Gasteiger partial charge in [0.25, 0.3) is 0 Å². The van der Waals surface area contributed by atoms with Crippen LogP contribution in [0, 0.1) is 5.82 Å². The molecule has 1 aliphatic heterocycles. The number of piperidine rings is 1. The number of hydrogen-bond acceptors (Lipinski definition) is 3. The molecule has 0 aliphatic carbocycles. The first-order valence-electron chi connectivity index (χ1n) is 9.43. The van der Waals surface area contributed by atoms with E-state index >= 15 is 0 Å². The molecule has 0 unspecified atom stereocenters. The van der Waals surface area contributed by atoms with E-state index in [9.17, 15) is 17.6 Å². The summed E-state index contributed by atoms with van der Waals surface area (Å²) < 4.78 is 39.3. The van der Waals surface area contributed by atoms with E-state index in [1.165, 1.54) is 16.4 Å². The first-order valence-corrected chi connectivity index (χ1v) is 11.0. The van der Waals surface area contributed by atoms with Crippen molar-refractivity contribution in [1.29, 1.82) is 0 Å². The summed E-state index contributed by atoms with van der Waals surface area (Å²) >= 11 is 0. The molecule has 1 N–H and O–H groups in total. The summed E-state index contributed by atoms with van der Waals surface area (Å²) in [7, 11) is -3.28. The lowest BCUT2D eigenvalue weighted by molar-refractivity contribution is -0.128. The number of halogens is 1. The maximum Gasteiger partial charge on any atom is 0.231 e. The van der Waals surface area contributed by atoms with E-state index in [1.807, 2.05) is 30.3 Å². The number of benzene rings is 2. The van der Waals surface area contributed by atoms with Crippen molar-refractivity contribution in [2.75, 3.05) is 18.8 Å². The molecule has 0 spiro atoms. The van der Waals surface area contributed by atoms with Gasteiger partial charge >= 0.3 is 0 Å². The summed E-state index contributed by atoms with van der Waals surface area (Å²) in [5, 5.41) is 2.93. The first kappa shape index (κ1) is 20.5. The normalized spacial score (nSPS) is 17.2. The Balaban J connectivity index is 1.81. The molecule has 1 heterocycles. The van der Waals surface area contributed by atoms with Crippen LogP contribution in [0.15, 0.2) is 54.6 Å². The van der Waals surface area contributed by atoms with Gasteiger partial charge in [-0.15, -0.1) is 0 Å². The van der Waals surface area contributed by atoms with Gasteiger partial charge in [-0.25, -0.2) is 17.1 Å². The third-order valence-electron chi connectivity index (χ3n) is 5.44. The Morgan fingerprint density at radius 3 is 2.39 bits per heavy atom. The quantitative estimate of drug-likeness (QED) is 0.805. The van der Waals surface area contributed by atoms with Gasteiger partial charge in [0.1, 0.15) is 5.82 Å². The third kappa shape index (κ3) is 4.25. The summed E-state index contributed by atoms with van der Waals surface area (Å²) in [4.78, 5) is 13.2. The largest absolute Gasteiger partial charge is 0.351 e. The van der Waals surface area contributed by atoms with Crippen molar-refractivity contribution in [3.8, 4) is 0 Å². The Hall–Kier alpha value is -2.25. The number of nitrogens with one attached hydrogen (secondary N) is 1. The second-order valence-corrected chi connectivity index (χ2v) is 9.32. The Morgan fingerprint density at radius 2 is 1.79 bits per heavy atom. The molecule has 0 radical (unpaired) electrons. The van der Waals surface area contributed by atoms with E-state index in [2.05, 4.69) is 5.32 Å². The van der Waals surface area contributed by atoms with E-state index in [-0.39, 0.29) is 24.0 Å². The van der Waals surface area contributed by atoms with Crippen LogP contribution in [0.3, 0.4) is 0 Å². The molecular weight excluding hydrogens is 379 g/mol. The lowest BCUT2D eigenvalue weighted by atomic mass is 9.72. The van der Waals surface area contributed by atoms with Crippen LogP contribution in [-0.2, 0) is 26.8 Å². The Kier molecular flexibility index (Phi) is 6.15. The van der Waals surface area contributed by atoms with Crippen LogP contribution < -0.4 is 5.32 Å². The first-order chi connectivity index (χ1) is 13.4. The van der Waals surface area contributed by atoms with Gasteiger partial charge in [-0.3, -0.25) is 4.79 Å². The van der Waals surface area contributed by atoms with Crippen molar-refractivity contribution < 1.29 is 17.6 Å². The highest BCUT2D eigenvalue weighted by atomic mass is 32.2. The van der Waals surface area contributed by atoms with Crippen LogP contribution in [0.4, 0.5) is 4.39 Å². The van der Waals surface area contributed by atoms with Gasteiger partial charge in [-0.05, 0) is 43.0 Å². The zero-order valence-corrected chi connectivity index (χ0v) is 16.7. The maximum atomic E-state index is 13.4. The molecule has 150 valence electrons. The number of hydrogen-bond donors (Lipinski definition) is 1. The highest BCUT2D eigenvalue weighted by Crippen LogP contribution is 2.36. The SMILES string of the molecule is CCS(=O)(=O)N1CCC(C(=O)NCc2cccc(F)c2)(c2ccccc2)CC1. The van der Waals surface area contributed by atoms with Crippen LogP contribution in [0.2, 0.25) is 0 Å². The number of amides is 1. The van der Waals surface area contributed by atoms with Crippen molar-refractivity contribution in [3.63, 3.8) is 0 Å². The van der Waals surface area contributed by atoms with Crippen LogP contribution in [0.5, 0.6) is 0 Å². The van der Waals surface area contributed by atoms with Gasteiger partial charge in [0.15, 0.2) is 0 Å². The minimum Gasteiger partial charge on any atom is -0.351 e. The smallest absolute Gasteiger partial charge is 0.231 e. The van der Waals surface area contributed by atoms with E-state index < -0.39 is 15.4 Å². The molecule has 3 rings (SSSR count). The summed E-state index contributed by atoms with van der Waals surface area (Å²) in [5.41, 5.74) is 0.761. The summed E-state index contributed by atoms with van der Waals surface area (Å²) in [5.74, 6) is -0.448. The lowest BCUT2D eigenvalue weighted by Gasteiger charge is -2.40.